The molecule has 0 N–H and O–H groups in total. The first kappa shape index (κ1) is 25.7. The largest absolute Gasteiger partial charge is 0.308 e. The predicted octanol–water partition coefficient (Wildman–Crippen LogP) is 7.72. The van der Waals surface area contributed by atoms with E-state index in [2.05, 4.69) is 31.7 Å². The molecule has 1 aliphatic heterocycles. The smallest absolute Gasteiger partial charge is 0.268 e. The Morgan fingerprint density at radius 1 is 0.545 bits per heavy atom. The number of fused-ring (bicyclic) bond motifs is 4. The first-order valence-corrected chi connectivity index (χ1v) is 14.4. The summed E-state index contributed by atoms with van der Waals surface area (Å²) in [7, 11) is 0. The van der Waals surface area contributed by atoms with Gasteiger partial charge in [0.1, 0.15) is 11.6 Å². The van der Waals surface area contributed by atoms with Crippen molar-refractivity contribution in [2.45, 2.75) is 13.8 Å². The molecule has 0 bridgehead atoms. The lowest BCUT2D eigenvalue weighted by Gasteiger charge is -2.15. The number of rotatable bonds is 4. The summed E-state index contributed by atoms with van der Waals surface area (Å²) in [6.45, 7) is 3.70. The minimum atomic E-state index is -0.348. The molecule has 7 heteroatoms. The molecular formula is C37H25N5O2. The predicted molar refractivity (Wildman–Crippen MR) is 172 cm³/mol. The Bertz CT molecular complexity index is 2270. The summed E-state index contributed by atoms with van der Waals surface area (Å²) >= 11 is 0. The van der Waals surface area contributed by atoms with Crippen molar-refractivity contribution >= 4 is 39.3 Å². The van der Waals surface area contributed by atoms with Crippen LogP contribution in [0.1, 0.15) is 32.4 Å². The van der Waals surface area contributed by atoms with E-state index in [4.69, 9.17) is 0 Å². The van der Waals surface area contributed by atoms with E-state index in [0.29, 0.717) is 40.0 Å². The van der Waals surface area contributed by atoms with Gasteiger partial charge in [0.15, 0.2) is 5.82 Å². The van der Waals surface area contributed by atoms with Crippen molar-refractivity contribution in [3.8, 4) is 28.2 Å². The highest BCUT2D eigenvalue weighted by Gasteiger charge is 2.39. The van der Waals surface area contributed by atoms with Gasteiger partial charge in [0.05, 0.1) is 33.5 Å². The van der Waals surface area contributed by atoms with Crippen molar-refractivity contribution in [3.63, 3.8) is 0 Å². The van der Waals surface area contributed by atoms with Gasteiger partial charge >= 0.3 is 0 Å². The standard InChI is InChI=1S/C37H25N5O2/c1-22-38-23(2)40-35(39-22)26-17-20-29-28-11-6-7-13-31(28)42(33(29)21-26)32-14-8-12-30-34(32)37(44)41(36(30)43)27-18-15-25(16-19-27)24-9-4-3-5-10-24/h3-21H,1-2H3. The molecule has 0 aliphatic carbocycles. The fourth-order valence-corrected chi connectivity index (χ4v) is 6.24. The van der Waals surface area contributed by atoms with E-state index >= 15 is 0 Å². The maximum atomic E-state index is 14.2. The van der Waals surface area contributed by atoms with Gasteiger partial charge in [-0.1, -0.05) is 78.9 Å². The number of para-hydroxylation sites is 1. The van der Waals surface area contributed by atoms with E-state index in [1.54, 1.807) is 6.07 Å². The molecule has 44 heavy (non-hydrogen) atoms. The third-order valence-electron chi connectivity index (χ3n) is 8.16. The molecule has 0 unspecified atom stereocenters. The second-order valence-electron chi connectivity index (χ2n) is 10.9. The van der Waals surface area contributed by atoms with Crippen molar-refractivity contribution in [2.75, 3.05) is 4.90 Å². The summed E-state index contributed by atoms with van der Waals surface area (Å²) < 4.78 is 2.07. The summed E-state index contributed by atoms with van der Waals surface area (Å²) in [5, 5.41) is 2.06. The molecule has 7 aromatic rings. The van der Waals surface area contributed by atoms with E-state index in [9.17, 15) is 9.59 Å². The Morgan fingerprint density at radius 3 is 1.98 bits per heavy atom. The third-order valence-corrected chi connectivity index (χ3v) is 8.16. The second kappa shape index (κ2) is 9.81. The molecule has 1 aliphatic rings. The highest BCUT2D eigenvalue weighted by Crippen LogP contribution is 2.39. The lowest BCUT2D eigenvalue weighted by atomic mass is 10.1. The van der Waals surface area contributed by atoms with Crippen molar-refractivity contribution in [3.05, 3.63) is 138 Å². The number of imide groups is 1. The van der Waals surface area contributed by atoms with Gasteiger partial charge in [-0.25, -0.2) is 19.9 Å². The van der Waals surface area contributed by atoms with Crippen LogP contribution in [0, 0.1) is 13.8 Å². The molecule has 0 spiro atoms. The number of hydrogen-bond acceptors (Lipinski definition) is 5. The quantitative estimate of drug-likeness (QED) is 0.202. The van der Waals surface area contributed by atoms with Crippen LogP contribution in [0.5, 0.6) is 0 Å². The van der Waals surface area contributed by atoms with Crippen LogP contribution in [0.2, 0.25) is 0 Å². The Morgan fingerprint density at radius 2 is 1.20 bits per heavy atom. The fourth-order valence-electron chi connectivity index (χ4n) is 6.24. The Hall–Kier alpha value is -5.95. The molecule has 0 saturated carbocycles. The Labute approximate surface area is 253 Å². The molecule has 0 radical (unpaired) electrons. The summed E-state index contributed by atoms with van der Waals surface area (Å²) in [6.07, 6.45) is 0. The van der Waals surface area contributed by atoms with Gasteiger partial charge in [-0.15, -0.1) is 0 Å². The van der Waals surface area contributed by atoms with Crippen molar-refractivity contribution in [1.82, 2.24) is 19.5 Å². The molecule has 2 aromatic heterocycles. The first-order valence-electron chi connectivity index (χ1n) is 14.4. The van der Waals surface area contributed by atoms with Crippen LogP contribution in [0.3, 0.4) is 0 Å². The molecule has 5 aromatic carbocycles. The average Bonchev–Trinajstić information content (AvgIpc) is 3.51. The van der Waals surface area contributed by atoms with Crippen molar-refractivity contribution < 1.29 is 9.59 Å². The molecule has 2 amide bonds. The summed E-state index contributed by atoms with van der Waals surface area (Å²) in [5.41, 5.74) is 6.68. The average molecular weight is 572 g/mol. The summed E-state index contributed by atoms with van der Waals surface area (Å²) in [5.74, 6) is 1.20. The van der Waals surface area contributed by atoms with E-state index in [1.807, 2.05) is 111 Å². The van der Waals surface area contributed by atoms with Crippen molar-refractivity contribution in [2.24, 2.45) is 0 Å². The zero-order valence-electron chi connectivity index (χ0n) is 24.0. The van der Waals surface area contributed by atoms with E-state index in [-0.39, 0.29) is 11.8 Å². The number of carbonyl (C=O) groups is 2. The molecule has 0 fully saturated rings. The number of carbonyl (C=O) groups excluding carboxylic acids is 2. The van der Waals surface area contributed by atoms with E-state index in [0.717, 1.165) is 38.5 Å². The number of aryl methyl sites for hydroxylation is 2. The first-order chi connectivity index (χ1) is 21.5. The zero-order chi connectivity index (χ0) is 29.9. The monoisotopic (exact) mass is 571 g/mol. The second-order valence-corrected chi connectivity index (χ2v) is 10.9. The van der Waals surface area contributed by atoms with Crippen molar-refractivity contribution in [1.29, 1.82) is 0 Å². The maximum Gasteiger partial charge on any atom is 0.268 e. The molecule has 7 nitrogen and oxygen atoms in total. The minimum absolute atomic E-state index is 0.336. The van der Waals surface area contributed by atoms with Crippen LogP contribution in [-0.2, 0) is 0 Å². The van der Waals surface area contributed by atoms with Gasteiger partial charge in [0, 0.05) is 16.3 Å². The lowest BCUT2D eigenvalue weighted by molar-refractivity contribution is 0.0926. The number of amides is 2. The van der Waals surface area contributed by atoms with Gasteiger partial charge in [-0.3, -0.25) is 9.59 Å². The summed E-state index contributed by atoms with van der Waals surface area (Å²) in [6, 6.07) is 37.2. The van der Waals surface area contributed by atoms with Gasteiger partial charge < -0.3 is 4.57 Å². The van der Waals surface area contributed by atoms with E-state index < -0.39 is 0 Å². The van der Waals surface area contributed by atoms with Crippen LogP contribution in [0.4, 0.5) is 5.69 Å². The highest BCUT2D eigenvalue weighted by atomic mass is 16.2. The number of benzene rings is 5. The molecule has 3 heterocycles. The molecule has 0 saturated heterocycles. The number of aromatic nitrogens is 4. The molecule has 8 rings (SSSR count). The molecule has 210 valence electrons. The minimum Gasteiger partial charge on any atom is -0.308 e. The van der Waals surface area contributed by atoms with Crippen LogP contribution in [0.15, 0.2) is 115 Å². The fraction of sp³-hybridized carbons (Fsp3) is 0.0541. The molecule has 0 atom stereocenters. The Kier molecular flexibility index (Phi) is 5.74. The number of nitrogens with zero attached hydrogens (tertiary/aromatic N) is 5. The highest BCUT2D eigenvalue weighted by molar-refractivity contribution is 6.35. The molecular weight excluding hydrogens is 546 g/mol. The van der Waals surface area contributed by atoms with Gasteiger partial charge in [0.25, 0.3) is 11.8 Å². The SMILES string of the molecule is Cc1nc(C)nc(-c2ccc3c4ccccc4n(-c4cccc5c4C(=O)N(c4ccc(-c6ccccc6)cc4)C5=O)c3c2)n1. The maximum absolute atomic E-state index is 14.2. The van der Waals surface area contributed by atoms with Crippen LogP contribution < -0.4 is 4.90 Å². The van der Waals surface area contributed by atoms with Crippen LogP contribution in [-0.4, -0.2) is 31.3 Å². The Balaban J connectivity index is 1.29. The zero-order valence-corrected chi connectivity index (χ0v) is 24.0. The third kappa shape index (κ3) is 3.94. The summed E-state index contributed by atoms with van der Waals surface area (Å²) in [4.78, 5) is 42.7. The van der Waals surface area contributed by atoms with E-state index in [1.165, 1.54) is 4.90 Å². The van der Waals surface area contributed by atoms with Gasteiger partial charge in [-0.05, 0) is 61.4 Å². The number of anilines is 1. The number of hydrogen-bond donors (Lipinski definition) is 0. The van der Waals surface area contributed by atoms with Crippen LogP contribution in [0.25, 0.3) is 50.0 Å². The van der Waals surface area contributed by atoms with Gasteiger partial charge in [0.2, 0.25) is 0 Å². The topological polar surface area (TPSA) is 81.0 Å². The van der Waals surface area contributed by atoms with Crippen LogP contribution >= 0.6 is 0 Å². The lowest BCUT2D eigenvalue weighted by Crippen LogP contribution is -2.29. The van der Waals surface area contributed by atoms with Gasteiger partial charge in [-0.2, -0.15) is 0 Å². The normalized spacial score (nSPS) is 12.8.